The maximum absolute atomic E-state index is 15.1. The molecule has 5 aliphatic rings. The highest BCUT2D eigenvalue weighted by Crippen LogP contribution is 2.49. The first-order valence-electron chi connectivity index (χ1n) is 14.0. The number of carbonyl (C=O) groups excluding carboxylic acids is 3. The van der Waals surface area contributed by atoms with E-state index in [1.54, 1.807) is 12.4 Å². The van der Waals surface area contributed by atoms with Crippen LogP contribution in [0.2, 0.25) is 0 Å². The second-order valence-corrected chi connectivity index (χ2v) is 11.7. The maximum Gasteiger partial charge on any atom is 0.255 e. The van der Waals surface area contributed by atoms with Crippen LogP contribution in [0.4, 0.5) is 14.5 Å². The summed E-state index contributed by atoms with van der Waals surface area (Å²) in [5, 5.41) is 18.4. The van der Waals surface area contributed by atoms with Crippen molar-refractivity contribution in [2.75, 3.05) is 11.9 Å². The molecule has 2 saturated carbocycles. The number of aryl methyl sites for hydroxylation is 1. The Kier molecular flexibility index (Phi) is 7.74. The fourth-order valence-electron chi connectivity index (χ4n) is 6.49. The number of nitriles is 1. The molecule has 11 heteroatoms. The Hall–Kier alpha value is -3.29. The summed E-state index contributed by atoms with van der Waals surface area (Å²) in [6, 6.07) is 0.0543. The van der Waals surface area contributed by atoms with Crippen LogP contribution in [0.1, 0.15) is 63.4 Å². The molecule has 0 spiro atoms. The van der Waals surface area contributed by atoms with Gasteiger partial charge in [0.1, 0.15) is 18.1 Å². The fourth-order valence-corrected chi connectivity index (χ4v) is 6.49. The van der Waals surface area contributed by atoms with E-state index in [1.165, 1.54) is 4.90 Å². The van der Waals surface area contributed by atoms with Crippen molar-refractivity contribution in [1.29, 1.82) is 5.26 Å². The lowest BCUT2D eigenvalue weighted by atomic mass is 9.71. The predicted octanol–water partition coefficient (Wildman–Crippen LogP) is 2.91. The summed E-state index contributed by atoms with van der Waals surface area (Å²) in [6.07, 6.45) is 7.42. The lowest BCUT2D eigenvalue weighted by molar-refractivity contribution is -0.194. The van der Waals surface area contributed by atoms with Crippen LogP contribution >= 0.6 is 0 Å². The number of nitrogens with one attached hydrogen (secondary N) is 3. The highest BCUT2D eigenvalue weighted by Gasteiger charge is 2.61. The van der Waals surface area contributed by atoms with Crippen LogP contribution < -0.4 is 16.0 Å². The Bertz CT molecular complexity index is 1150. The van der Waals surface area contributed by atoms with Crippen molar-refractivity contribution in [2.24, 2.45) is 17.8 Å². The monoisotopic (exact) mass is 542 g/mol. The highest BCUT2D eigenvalue weighted by atomic mass is 19.3. The molecule has 3 amide bonds. The van der Waals surface area contributed by atoms with Crippen molar-refractivity contribution in [3.63, 3.8) is 0 Å². The summed E-state index contributed by atoms with van der Waals surface area (Å²) in [5.74, 6) is -5.77. The van der Waals surface area contributed by atoms with Gasteiger partial charge in [-0.25, -0.2) is 8.78 Å². The summed E-state index contributed by atoms with van der Waals surface area (Å²) in [4.78, 5) is 45.5. The lowest BCUT2D eigenvalue weighted by Gasteiger charge is -2.54. The van der Waals surface area contributed by atoms with Crippen LogP contribution in [-0.4, -0.2) is 64.2 Å². The Labute approximate surface area is 227 Å². The summed E-state index contributed by atoms with van der Waals surface area (Å²) in [5.41, 5.74) is 1.58. The molecule has 9 nitrogen and oxygen atoms in total. The van der Waals surface area contributed by atoms with Crippen molar-refractivity contribution in [2.45, 2.75) is 94.8 Å². The van der Waals surface area contributed by atoms with Gasteiger partial charge < -0.3 is 20.9 Å². The number of piperidine rings is 3. The van der Waals surface area contributed by atoms with Gasteiger partial charge in [-0.1, -0.05) is 12.8 Å². The maximum atomic E-state index is 15.1. The van der Waals surface area contributed by atoms with E-state index in [2.05, 4.69) is 20.9 Å². The number of fused-ring (bicyclic) bond motifs is 3. The zero-order chi connectivity index (χ0) is 27.7. The SMILES string of the molecule is Cc1cncc(N[C@H](CC2CC2)C(=O)N2[C@H]3CC[C@@H]([C@H]2C(=O)N[C@@H](C#N)C[C@@H]2CCCNC2=O)C(F)(F)C3)c1. The minimum Gasteiger partial charge on any atom is -0.372 e. The average Bonchev–Trinajstić information content (AvgIpc) is 3.72. The molecule has 3 aliphatic heterocycles. The zero-order valence-corrected chi connectivity index (χ0v) is 22.2. The van der Waals surface area contributed by atoms with Gasteiger partial charge in [0, 0.05) is 37.3 Å². The molecule has 6 atom stereocenters. The number of pyridine rings is 1. The van der Waals surface area contributed by atoms with Gasteiger partial charge in [-0.2, -0.15) is 5.26 Å². The molecule has 2 aliphatic carbocycles. The smallest absolute Gasteiger partial charge is 0.255 e. The molecule has 39 heavy (non-hydrogen) atoms. The first kappa shape index (κ1) is 27.3. The van der Waals surface area contributed by atoms with Gasteiger partial charge in [-0.15, -0.1) is 0 Å². The van der Waals surface area contributed by atoms with Crippen molar-refractivity contribution in [3.05, 3.63) is 24.0 Å². The highest BCUT2D eigenvalue weighted by molar-refractivity contribution is 5.92. The first-order valence-corrected chi connectivity index (χ1v) is 14.0. The van der Waals surface area contributed by atoms with E-state index in [4.69, 9.17) is 0 Å². The third-order valence-corrected chi connectivity index (χ3v) is 8.63. The van der Waals surface area contributed by atoms with E-state index in [0.717, 1.165) is 24.8 Å². The summed E-state index contributed by atoms with van der Waals surface area (Å²) < 4.78 is 30.3. The van der Waals surface area contributed by atoms with E-state index in [1.807, 2.05) is 19.1 Å². The third kappa shape index (κ3) is 5.99. The van der Waals surface area contributed by atoms with Crippen molar-refractivity contribution in [3.8, 4) is 6.07 Å². The number of nitrogens with zero attached hydrogens (tertiary/aromatic N) is 3. The van der Waals surface area contributed by atoms with Crippen molar-refractivity contribution < 1.29 is 23.2 Å². The second-order valence-electron chi connectivity index (χ2n) is 11.7. The van der Waals surface area contributed by atoms with Gasteiger partial charge in [0.25, 0.3) is 5.92 Å². The molecule has 4 heterocycles. The number of hydrogen-bond donors (Lipinski definition) is 3. The zero-order valence-electron chi connectivity index (χ0n) is 22.2. The van der Waals surface area contributed by atoms with Gasteiger partial charge in [0.2, 0.25) is 17.7 Å². The summed E-state index contributed by atoms with van der Waals surface area (Å²) in [6.45, 7) is 2.47. The molecule has 5 fully saturated rings. The third-order valence-electron chi connectivity index (χ3n) is 8.63. The van der Waals surface area contributed by atoms with Crippen LogP contribution in [0, 0.1) is 36.0 Å². The van der Waals surface area contributed by atoms with Gasteiger partial charge in [0.15, 0.2) is 0 Å². The van der Waals surface area contributed by atoms with E-state index < -0.39 is 54.3 Å². The molecule has 0 aromatic carbocycles. The molecule has 6 rings (SSSR count). The number of hydrogen-bond acceptors (Lipinski definition) is 6. The van der Waals surface area contributed by atoms with Crippen LogP contribution in [0.5, 0.6) is 0 Å². The van der Waals surface area contributed by atoms with Crippen LogP contribution in [-0.2, 0) is 14.4 Å². The summed E-state index contributed by atoms with van der Waals surface area (Å²) >= 11 is 0. The van der Waals surface area contributed by atoms with E-state index in [9.17, 15) is 19.6 Å². The molecule has 2 bridgehead atoms. The fraction of sp³-hybridized carbons (Fsp3) is 0.679. The number of alkyl halides is 2. The van der Waals surface area contributed by atoms with E-state index >= 15 is 8.78 Å². The molecule has 210 valence electrons. The quantitative estimate of drug-likeness (QED) is 0.440. The molecule has 0 radical (unpaired) electrons. The Morgan fingerprint density at radius 2 is 2.03 bits per heavy atom. The number of anilines is 1. The van der Waals surface area contributed by atoms with Crippen LogP contribution in [0.25, 0.3) is 0 Å². The second kappa shape index (κ2) is 11.1. The first-order chi connectivity index (χ1) is 18.7. The Morgan fingerprint density at radius 3 is 2.69 bits per heavy atom. The molecule has 0 unspecified atom stereocenters. The minimum atomic E-state index is -3.09. The standard InChI is InChI=1S/C28H36F2N6O3/c1-16-9-20(15-32-14-16)34-23(10-17-4-5-17)27(39)36-21-6-7-22(28(29,30)12-21)24(36)26(38)35-19(13-31)11-18-3-2-8-33-25(18)37/h9,14-15,17-19,21-24,34H,2-8,10-12H2,1H3,(H,33,37)(H,35,38)/t18-,19+,21-,22-,23+,24-/m0/s1. The lowest BCUT2D eigenvalue weighted by Crippen LogP contribution is -2.70. The number of halogens is 2. The predicted molar refractivity (Wildman–Crippen MR) is 138 cm³/mol. The van der Waals surface area contributed by atoms with Gasteiger partial charge in [-0.05, 0) is 63.0 Å². The number of aromatic nitrogens is 1. The Morgan fingerprint density at radius 1 is 1.23 bits per heavy atom. The molecular weight excluding hydrogens is 506 g/mol. The van der Waals surface area contributed by atoms with E-state index in [-0.39, 0.29) is 24.7 Å². The van der Waals surface area contributed by atoms with Gasteiger partial charge in [-0.3, -0.25) is 19.4 Å². The minimum absolute atomic E-state index is 0.103. The molecule has 3 N–H and O–H groups in total. The summed E-state index contributed by atoms with van der Waals surface area (Å²) in [7, 11) is 0. The molecule has 1 aromatic rings. The topological polar surface area (TPSA) is 127 Å². The molecular formula is C28H36F2N6O3. The van der Waals surface area contributed by atoms with Gasteiger partial charge in [0.05, 0.1) is 17.7 Å². The molecule has 3 saturated heterocycles. The molecule has 1 aromatic heterocycles. The van der Waals surface area contributed by atoms with Gasteiger partial charge >= 0.3 is 0 Å². The normalized spacial score (nSPS) is 29.1. The average molecular weight is 543 g/mol. The Balaban J connectivity index is 1.38. The van der Waals surface area contributed by atoms with Crippen LogP contribution in [0.3, 0.4) is 0 Å². The number of rotatable bonds is 9. The number of carbonyl (C=O) groups is 3. The van der Waals surface area contributed by atoms with Crippen molar-refractivity contribution in [1.82, 2.24) is 20.5 Å². The number of amides is 3. The van der Waals surface area contributed by atoms with E-state index in [0.29, 0.717) is 37.4 Å². The van der Waals surface area contributed by atoms with Crippen LogP contribution in [0.15, 0.2) is 18.5 Å². The van der Waals surface area contributed by atoms with Crippen molar-refractivity contribution >= 4 is 23.4 Å². The largest absolute Gasteiger partial charge is 0.372 e.